The van der Waals surface area contributed by atoms with E-state index in [1.807, 2.05) is 0 Å². The number of alkyl halides is 1. The Morgan fingerprint density at radius 2 is 2.40 bits per heavy atom. The molecule has 1 aromatic heterocycles. The Bertz CT molecular complexity index is 357. The van der Waals surface area contributed by atoms with Crippen LogP contribution in [0.4, 0.5) is 0 Å². The van der Waals surface area contributed by atoms with E-state index < -0.39 is 0 Å². The summed E-state index contributed by atoms with van der Waals surface area (Å²) in [5.41, 5.74) is 1.02. The molecule has 0 spiro atoms. The standard InChI is InChI=1S/C11H14BrClOS/c1-7-8(6-9(12)15-7)10(13)11(2)4-3-5-14-11/h6,10H,3-5H2,1-2H3. The number of hydrogen-bond donors (Lipinski definition) is 0. The fraction of sp³-hybridized carbons (Fsp3) is 0.636. The van der Waals surface area contributed by atoms with E-state index >= 15 is 0 Å². The molecule has 2 atom stereocenters. The Morgan fingerprint density at radius 1 is 1.67 bits per heavy atom. The van der Waals surface area contributed by atoms with Gasteiger partial charge in [0, 0.05) is 11.5 Å². The molecule has 0 N–H and O–H groups in total. The van der Waals surface area contributed by atoms with E-state index in [0.29, 0.717) is 0 Å². The molecule has 15 heavy (non-hydrogen) atoms. The van der Waals surface area contributed by atoms with Crippen LogP contribution in [0.15, 0.2) is 9.85 Å². The smallest absolute Gasteiger partial charge is 0.0883 e. The third-order valence-electron chi connectivity index (χ3n) is 2.98. The van der Waals surface area contributed by atoms with E-state index in [1.54, 1.807) is 11.3 Å². The minimum Gasteiger partial charge on any atom is -0.373 e. The fourth-order valence-corrected chi connectivity index (χ4v) is 4.25. The van der Waals surface area contributed by atoms with E-state index in [9.17, 15) is 0 Å². The molecular formula is C11H14BrClOS. The molecule has 0 radical (unpaired) electrons. The minimum atomic E-state index is -0.188. The van der Waals surface area contributed by atoms with Crippen LogP contribution < -0.4 is 0 Å². The number of hydrogen-bond acceptors (Lipinski definition) is 2. The number of rotatable bonds is 2. The van der Waals surface area contributed by atoms with E-state index in [4.69, 9.17) is 16.3 Å². The third-order valence-corrected chi connectivity index (χ3v) is 5.25. The summed E-state index contributed by atoms with van der Waals surface area (Å²) >= 11 is 11.8. The highest BCUT2D eigenvalue weighted by atomic mass is 79.9. The molecule has 0 amide bonds. The van der Waals surface area contributed by atoms with E-state index in [1.165, 1.54) is 10.4 Å². The summed E-state index contributed by atoms with van der Waals surface area (Å²) in [7, 11) is 0. The third kappa shape index (κ3) is 2.26. The highest BCUT2D eigenvalue weighted by Crippen LogP contribution is 2.45. The molecule has 1 nitrogen and oxygen atoms in total. The van der Waals surface area contributed by atoms with Gasteiger partial charge in [-0.3, -0.25) is 0 Å². The first kappa shape index (κ1) is 11.9. The van der Waals surface area contributed by atoms with E-state index in [2.05, 4.69) is 35.8 Å². The lowest BCUT2D eigenvalue weighted by molar-refractivity contribution is 0.0164. The van der Waals surface area contributed by atoms with Gasteiger partial charge in [-0.05, 0) is 54.2 Å². The molecule has 1 fully saturated rings. The summed E-state index contributed by atoms with van der Waals surface area (Å²) in [5.74, 6) is 0. The molecule has 2 rings (SSSR count). The molecule has 0 aliphatic carbocycles. The molecular weight excluding hydrogens is 296 g/mol. The monoisotopic (exact) mass is 308 g/mol. The van der Waals surface area contributed by atoms with Gasteiger partial charge >= 0.3 is 0 Å². The van der Waals surface area contributed by atoms with Crippen molar-refractivity contribution in [2.24, 2.45) is 0 Å². The van der Waals surface area contributed by atoms with Gasteiger partial charge in [0.2, 0.25) is 0 Å². The Hall–Kier alpha value is 0.430. The van der Waals surface area contributed by atoms with Crippen molar-refractivity contribution in [2.45, 2.75) is 37.7 Å². The Morgan fingerprint density at radius 3 is 2.87 bits per heavy atom. The predicted molar refractivity (Wildman–Crippen MR) is 68.9 cm³/mol. The minimum absolute atomic E-state index is 0.0393. The normalized spacial score (nSPS) is 28.3. The largest absolute Gasteiger partial charge is 0.373 e. The van der Waals surface area contributed by atoms with Gasteiger partial charge in [-0.2, -0.15) is 0 Å². The topological polar surface area (TPSA) is 9.23 Å². The van der Waals surface area contributed by atoms with Crippen LogP contribution in [0.3, 0.4) is 0 Å². The molecule has 0 bridgehead atoms. The maximum atomic E-state index is 6.53. The number of ether oxygens (including phenoxy) is 1. The predicted octanol–water partition coefficient (Wildman–Crippen LogP) is 4.67. The van der Waals surface area contributed by atoms with Crippen molar-refractivity contribution >= 4 is 38.9 Å². The first-order valence-corrected chi connectivity index (χ1v) is 7.11. The number of thiophene rings is 1. The van der Waals surface area contributed by atoms with Crippen LogP contribution in [0, 0.1) is 6.92 Å². The summed E-state index contributed by atoms with van der Waals surface area (Å²) in [6.07, 6.45) is 2.16. The van der Waals surface area contributed by atoms with Crippen LogP contribution in [0.2, 0.25) is 0 Å². The van der Waals surface area contributed by atoms with Crippen molar-refractivity contribution < 1.29 is 4.74 Å². The van der Waals surface area contributed by atoms with Gasteiger partial charge in [0.25, 0.3) is 0 Å². The van der Waals surface area contributed by atoms with Gasteiger partial charge in [-0.15, -0.1) is 22.9 Å². The lowest BCUT2D eigenvalue weighted by Crippen LogP contribution is -2.28. The molecule has 0 aromatic carbocycles. The van der Waals surface area contributed by atoms with Gasteiger partial charge < -0.3 is 4.74 Å². The molecule has 1 aliphatic heterocycles. The molecule has 2 heterocycles. The highest BCUT2D eigenvalue weighted by Gasteiger charge is 2.39. The quantitative estimate of drug-likeness (QED) is 0.722. The van der Waals surface area contributed by atoms with Crippen LogP contribution in [0.1, 0.15) is 35.6 Å². The Labute approximate surface area is 108 Å². The molecule has 1 aromatic rings. The van der Waals surface area contributed by atoms with Crippen molar-refractivity contribution in [3.63, 3.8) is 0 Å². The van der Waals surface area contributed by atoms with Crippen molar-refractivity contribution in [3.05, 3.63) is 20.3 Å². The van der Waals surface area contributed by atoms with E-state index in [-0.39, 0.29) is 11.0 Å². The maximum absolute atomic E-state index is 6.53. The lowest BCUT2D eigenvalue weighted by atomic mass is 9.93. The maximum Gasteiger partial charge on any atom is 0.0883 e. The molecule has 0 saturated carbocycles. The van der Waals surface area contributed by atoms with Crippen molar-refractivity contribution in [1.82, 2.24) is 0 Å². The Balaban J connectivity index is 2.27. The number of aryl methyl sites for hydroxylation is 1. The van der Waals surface area contributed by atoms with Crippen LogP contribution in [0.25, 0.3) is 0 Å². The van der Waals surface area contributed by atoms with Crippen LogP contribution in [-0.2, 0) is 4.74 Å². The zero-order chi connectivity index (χ0) is 11.1. The van der Waals surface area contributed by atoms with Gasteiger partial charge in [0.05, 0.1) is 14.8 Å². The average molecular weight is 310 g/mol. The van der Waals surface area contributed by atoms with Gasteiger partial charge in [0.1, 0.15) is 0 Å². The molecule has 84 valence electrons. The second kappa shape index (κ2) is 4.36. The average Bonchev–Trinajstić information content (AvgIpc) is 2.73. The van der Waals surface area contributed by atoms with Crippen LogP contribution >= 0.6 is 38.9 Å². The molecule has 2 unspecified atom stereocenters. The summed E-state index contributed by atoms with van der Waals surface area (Å²) < 4.78 is 6.92. The summed E-state index contributed by atoms with van der Waals surface area (Å²) in [4.78, 5) is 1.28. The molecule has 4 heteroatoms. The second-order valence-corrected chi connectivity index (χ2v) is 7.26. The SMILES string of the molecule is Cc1sc(Br)cc1C(Cl)C1(C)CCCO1. The van der Waals surface area contributed by atoms with Gasteiger partial charge in [-0.1, -0.05) is 0 Å². The fourth-order valence-electron chi connectivity index (χ4n) is 2.04. The summed E-state index contributed by atoms with van der Waals surface area (Å²) in [5, 5.41) is -0.0393. The highest BCUT2D eigenvalue weighted by molar-refractivity contribution is 9.11. The summed E-state index contributed by atoms with van der Waals surface area (Å²) in [6, 6.07) is 2.12. The van der Waals surface area contributed by atoms with Crippen molar-refractivity contribution in [2.75, 3.05) is 6.61 Å². The Kier molecular flexibility index (Phi) is 3.46. The van der Waals surface area contributed by atoms with Crippen molar-refractivity contribution in [1.29, 1.82) is 0 Å². The first-order chi connectivity index (χ1) is 7.03. The van der Waals surface area contributed by atoms with Gasteiger partial charge in [-0.25, -0.2) is 0 Å². The van der Waals surface area contributed by atoms with Crippen LogP contribution in [-0.4, -0.2) is 12.2 Å². The zero-order valence-electron chi connectivity index (χ0n) is 8.85. The van der Waals surface area contributed by atoms with E-state index in [0.717, 1.165) is 23.2 Å². The number of halogens is 2. The van der Waals surface area contributed by atoms with Gasteiger partial charge in [0.15, 0.2) is 0 Å². The van der Waals surface area contributed by atoms with Crippen molar-refractivity contribution in [3.8, 4) is 0 Å². The first-order valence-electron chi connectivity index (χ1n) is 5.07. The zero-order valence-corrected chi connectivity index (χ0v) is 12.0. The second-order valence-electron chi connectivity index (χ2n) is 4.19. The van der Waals surface area contributed by atoms with Crippen LogP contribution in [0.5, 0.6) is 0 Å². The lowest BCUT2D eigenvalue weighted by Gasteiger charge is -2.28. The molecule has 1 saturated heterocycles. The molecule has 1 aliphatic rings. The summed E-state index contributed by atoms with van der Waals surface area (Å²) in [6.45, 7) is 5.06.